The Bertz CT molecular complexity index is 956. The summed E-state index contributed by atoms with van der Waals surface area (Å²) < 4.78 is 27.8. The molecular weight excluding hydrogens is 342 g/mol. The maximum absolute atomic E-state index is 14.5. The number of halogens is 2. The number of benzene rings is 1. The van der Waals surface area contributed by atoms with Crippen LogP contribution in [0.1, 0.15) is 35.6 Å². The highest BCUT2D eigenvalue weighted by Gasteiger charge is 2.41. The number of hydrogen-bond donors (Lipinski definition) is 2. The van der Waals surface area contributed by atoms with E-state index in [-0.39, 0.29) is 17.7 Å². The Labute approximate surface area is 147 Å². The molecule has 0 radical (unpaired) electrons. The average Bonchev–Trinajstić information content (AvgIpc) is 3.13. The normalized spacial score (nSPS) is 14.4. The van der Waals surface area contributed by atoms with Gasteiger partial charge in [0.2, 0.25) is 0 Å². The lowest BCUT2D eigenvalue weighted by atomic mass is 9.77. The lowest BCUT2D eigenvalue weighted by molar-refractivity contribution is 0.00617. The number of nitrogens with one attached hydrogen (secondary N) is 1. The molecule has 3 aromatic rings. The van der Waals surface area contributed by atoms with Crippen molar-refractivity contribution in [2.75, 3.05) is 0 Å². The summed E-state index contributed by atoms with van der Waals surface area (Å²) in [5.74, 6) is -2.09. The van der Waals surface area contributed by atoms with E-state index in [2.05, 4.69) is 25.1 Å². The van der Waals surface area contributed by atoms with Gasteiger partial charge in [0.15, 0.2) is 0 Å². The van der Waals surface area contributed by atoms with Gasteiger partial charge < -0.3 is 5.11 Å². The predicted molar refractivity (Wildman–Crippen MR) is 85.5 cm³/mol. The van der Waals surface area contributed by atoms with Crippen molar-refractivity contribution in [3.8, 4) is 6.07 Å². The van der Waals surface area contributed by atoms with Gasteiger partial charge in [-0.15, -0.1) is 0 Å². The highest BCUT2D eigenvalue weighted by Crippen LogP contribution is 2.39. The molecule has 0 aliphatic rings. The van der Waals surface area contributed by atoms with Gasteiger partial charge in [0.05, 0.1) is 5.69 Å². The summed E-state index contributed by atoms with van der Waals surface area (Å²) in [5, 5.41) is 26.8. The smallest absolute Gasteiger partial charge is 0.144 e. The summed E-state index contributed by atoms with van der Waals surface area (Å²) in [4.78, 5) is 11.9. The minimum Gasteiger partial charge on any atom is -0.384 e. The zero-order chi connectivity index (χ0) is 18.7. The molecule has 2 N–H and O–H groups in total. The monoisotopic (exact) mass is 356 g/mol. The zero-order valence-corrected chi connectivity index (χ0v) is 13.7. The van der Waals surface area contributed by atoms with Crippen LogP contribution < -0.4 is 0 Å². The predicted octanol–water partition coefficient (Wildman–Crippen LogP) is 1.98. The van der Waals surface area contributed by atoms with E-state index in [9.17, 15) is 13.9 Å². The van der Waals surface area contributed by atoms with E-state index in [1.165, 1.54) is 24.8 Å². The number of hydrogen-bond acceptors (Lipinski definition) is 6. The van der Waals surface area contributed by atoms with Crippen molar-refractivity contribution in [3.63, 3.8) is 0 Å². The van der Waals surface area contributed by atoms with E-state index >= 15 is 0 Å². The molecular formula is C17H14F2N6O. The van der Waals surface area contributed by atoms with Crippen LogP contribution in [0.3, 0.4) is 0 Å². The first-order chi connectivity index (χ1) is 12.4. The van der Waals surface area contributed by atoms with Crippen LogP contribution in [0.25, 0.3) is 0 Å². The molecule has 2 unspecified atom stereocenters. The van der Waals surface area contributed by atoms with Crippen molar-refractivity contribution < 1.29 is 13.9 Å². The third-order valence-electron chi connectivity index (χ3n) is 4.26. The Morgan fingerprint density at radius 2 is 2.04 bits per heavy atom. The first-order valence-electron chi connectivity index (χ1n) is 7.68. The van der Waals surface area contributed by atoms with Gasteiger partial charge in [-0.25, -0.2) is 23.7 Å². The molecule has 0 bridgehead atoms. The second kappa shape index (κ2) is 6.93. The minimum atomic E-state index is -1.82. The van der Waals surface area contributed by atoms with Gasteiger partial charge in [0.1, 0.15) is 47.5 Å². The molecule has 0 fully saturated rings. The summed E-state index contributed by atoms with van der Waals surface area (Å²) >= 11 is 0. The fraction of sp³-hybridized carbons (Fsp3) is 0.235. The molecule has 0 aliphatic heterocycles. The highest BCUT2D eigenvalue weighted by molar-refractivity contribution is 5.32. The van der Waals surface area contributed by atoms with Gasteiger partial charge in [-0.05, 0) is 12.1 Å². The van der Waals surface area contributed by atoms with E-state index in [1.807, 2.05) is 6.07 Å². The fourth-order valence-corrected chi connectivity index (χ4v) is 2.81. The summed E-state index contributed by atoms with van der Waals surface area (Å²) in [5.41, 5.74) is -1.48. The number of aliphatic hydroxyl groups is 1. The second-order valence-electron chi connectivity index (χ2n) is 5.82. The second-order valence-corrected chi connectivity index (χ2v) is 5.82. The van der Waals surface area contributed by atoms with Crippen LogP contribution in [0.5, 0.6) is 0 Å². The van der Waals surface area contributed by atoms with Crippen molar-refractivity contribution in [1.29, 1.82) is 5.26 Å². The standard InChI is InChI=1S/C17H14F2N6O/c1-10(15-5-12(7-20)21-8-22-15)17(26,6-16-23-9-24-25-16)13-3-2-11(18)4-14(13)19/h2-5,8-10,26H,6H2,1H3,(H,23,24,25). The van der Waals surface area contributed by atoms with Gasteiger partial charge >= 0.3 is 0 Å². The molecule has 3 rings (SSSR count). The first-order valence-corrected chi connectivity index (χ1v) is 7.68. The molecule has 7 nitrogen and oxygen atoms in total. The molecule has 132 valence electrons. The van der Waals surface area contributed by atoms with Gasteiger partial charge in [-0.3, -0.25) is 5.10 Å². The van der Waals surface area contributed by atoms with Crippen LogP contribution in [0, 0.1) is 23.0 Å². The van der Waals surface area contributed by atoms with Crippen molar-refractivity contribution in [2.24, 2.45) is 0 Å². The Hall–Kier alpha value is -3.25. The number of rotatable bonds is 5. The van der Waals surface area contributed by atoms with Crippen molar-refractivity contribution in [1.82, 2.24) is 25.1 Å². The molecule has 0 amide bonds. The van der Waals surface area contributed by atoms with Crippen LogP contribution in [0.15, 0.2) is 36.9 Å². The zero-order valence-electron chi connectivity index (χ0n) is 13.7. The van der Waals surface area contributed by atoms with Crippen LogP contribution in [0.2, 0.25) is 0 Å². The number of aromatic amines is 1. The van der Waals surface area contributed by atoms with Crippen LogP contribution in [-0.4, -0.2) is 30.3 Å². The van der Waals surface area contributed by atoms with E-state index in [0.717, 1.165) is 6.07 Å². The van der Waals surface area contributed by atoms with Crippen molar-refractivity contribution in [2.45, 2.75) is 24.9 Å². The molecule has 9 heteroatoms. The molecule has 2 aromatic heterocycles. The number of nitrogens with zero attached hydrogens (tertiary/aromatic N) is 5. The van der Waals surface area contributed by atoms with Crippen LogP contribution in [0.4, 0.5) is 8.78 Å². The summed E-state index contributed by atoms with van der Waals surface area (Å²) in [6.07, 6.45) is 2.34. The molecule has 0 saturated heterocycles. The van der Waals surface area contributed by atoms with Crippen LogP contribution in [-0.2, 0) is 12.0 Å². The Kier molecular flexibility index (Phi) is 4.69. The summed E-state index contributed by atoms with van der Waals surface area (Å²) in [7, 11) is 0. The Balaban J connectivity index is 2.11. The topological polar surface area (TPSA) is 111 Å². The average molecular weight is 356 g/mol. The Morgan fingerprint density at radius 1 is 1.23 bits per heavy atom. The van der Waals surface area contributed by atoms with Crippen molar-refractivity contribution >= 4 is 0 Å². The van der Waals surface area contributed by atoms with Gasteiger partial charge in [0, 0.05) is 24.0 Å². The lowest BCUT2D eigenvalue weighted by Gasteiger charge is -2.34. The molecule has 0 spiro atoms. The van der Waals surface area contributed by atoms with Gasteiger partial charge in [-0.2, -0.15) is 10.4 Å². The summed E-state index contributed by atoms with van der Waals surface area (Å²) in [6.45, 7) is 1.63. The van der Waals surface area contributed by atoms with Crippen LogP contribution >= 0.6 is 0 Å². The fourth-order valence-electron chi connectivity index (χ4n) is 2.81. The van der Waals surface area contributed by atoms with Crippen molar-refractivity contribution in [3.05, 3.63) is 71.3 Å². The third-order valence-corrected chi connectivity index (χ3v) is 4.26. The third kappa shape index (κ3) is 3.27. The lowest BCUT2D eigenvalue weighted by Crippen LogP contribution is -2.36. The SMILES string of the molecule is CC(c1cc(C#N)ncn1)C(O)(Cc1ncn[nH]1)c1ccc(F)cc1F. The Morgan fingerprint density at radius 3 is 2.69 bits per heavy atom. The molecule has 1 aromatic carbocycles. The molecule has 0 saturated carbocycles. The quantitative estimate of drug-likeness (QED) is 0.723. The van der Waals surface area contributed by atoms with E-state index in [4.69, 9.17) is 5.26 Å². The minimum absolute atomic E-state index is 0.111. The van der Waals surface area contributed by atoms with E-state index in [0.29, 0.717) is 17.6 Å². The number of H-pyrrole nitrogens is 1. The van der Waals surface area contributed by atoms with E-state index in [1.54, 1.807) is 6.92 Å². The first kappa shape index (κ1) is 17.6. The van der Waals surface area contributed by atoms with Gasteiger partial charge in [0.25, 0.3) is 0 Å². The number of aromatic nitrogens is 5. The molecule has 2 atom stereocenters. The molecule has 2 heterocycles. The van der Waals surface area contributed by atoms with Gasteiger partial charge in [-0.1, -0.05) is 13.0 Å². The molecule has 0 aliphatic carbocycles. The van der Waals surface area contributed by atoms with E-state index < -0.39 is 23.2 Å². The molecule has 26 heavy (non-hydrogen) atoms. The summed E-state index contributed by atoms with van der Waals surface area (Å²) in [6, 6.07) is 6.26. The number of nitriles is 1. The maximum Gasteiger partial charge on any atom is 0.144 e. The maximum atomic E-state index is 14.5. The highest BCUT2D eigenvalue weighted by atomic mass is 19.1. The largest absolute Gasteiger partial charge is 0.384 e.